The largest absolute Gasteiger partial charge is 0.348 e. The van der Waals surface area contributed by atoms with E-state index in [1.165, 1.54) is 4.57 Å². The Morgan fingerprint density at radius 3 is 2.24 bits per heavy atom. The monoisotopic (exact) mass is 393 g/mol. The Morgan fingerprint density at radius 1 is 1.20 bits per heavy atom. The van der Waals surface area contributed by atoms with Crippen LogP contribution in [0.15, 0.2) is 17.2 Å². The Hall–Kier alpha value is -1.31. The second kappa shape index (κ2) is 9.99. The Bertz CT molecular complexity index is 603. The van der Waals surface area contributed by atoms with Crippen molar-refractivity contribution >= 4 is 36.5 Å². The van der Waals surface area contributed by atoms with E-state index in [1.807, 2.05) is 23.6 Å². The lowest BCUT2D eigenvalue weighted by Gasteiger charge is -2.40. The summed E-state index contributed by atoms with van der Waals surface area (Å²) in [5.41, 5.74) is 5.32. The van der Waals surface area contributed by atoms with Gasteiger partial charge in [-0.25, -0.2) is 4.98 Å². The average Bonchev–Trinajstić information content (AvgIpc) is 2.59. The Kier molecular flexibility index (Phi) is 9.47. The SMILES string of the molecule is CCC(CC)(CN)C(=O)N1CCN(c2nccn(C)c2=O)CC1.Cl.Cl. The van der Waals surface area contributed by atoms with Gasteiger partial charge in [0.05, 0.1) is 5.41 Å². The van der Waals surface area contributed by atoms with Crippen molar-refractivity contribution in [2.45, 2.75) is 26.7 Å². The summed E-state index contributed by atoms with van der Waals surface area (Å²) in [6.45, 7) is 6.84. The van der Waals surface area contributed by atoms with Gasteiger partial charge >= 0.3 is 0 Å². The Labute approximate surface area is 161 Å². The van der Waals surface area contributed by atoms with Crippen molar-refractivity contribution in [1.82, 2.24) is 14.5 Å². The van der Waals surface area contributed by atoms with Gasteiger partial charge in [-0.15, -0.1) is 24.8 Å². The summed E-state index contributed by atoms with van der Waals surface area (Å²) >= 11 is 0. The molecule has 2 N–H and O–H groups in total. The maximum atomic E-state index is 12.8. The zero-order valence-corrected chi connectivity index (χ0v) is 16.7. The summed E-state index contributed by atoms with van der Waals surface area (Å²) in [4.78, 5) is 33.0. The number of hydrogen-bond donors (Lipinski definition) is 1. The molecule has 7 nitrogen and oxygen atoms in total. The smallest absolute Gasteiger partial charge is 0.293 e. The van der Waals surface area contributed by atoms with Crippen molar-refractivity contribution in [1.29, 1.82) is 0 Å². The highest BCUT2D eigenvalue weighted by molar-refractivity contribution is 5.85. The molecule has 0 radical (unpaired) electrons. The number of carbonyl (C=O) groups is 1. The number of amides is 1. The first-order valence-corrected chi connectivity index (χ1v) is 8.25. The maximum absolute atomic E-state index is 12.8. The van der Waals surface area contributed by atoms with Gasteiger partial charge in [0.15, 0.2) is 5.82 Å². The van der Waals surface area contributed by atoms with E-state index < -0.39 is 5.41 Å². The van der Waals surface area contributed by atoms with Crippen LogP contribution >= 0.6 is 24.8 Å². The molecule has 0 spiro atoms. The van der Waals surface area contributed by atoms with Crippen LogP contribution in [-0.2, 0) is 11.8 Å². The highest BCUT2D eigenvalue weighted by Gasteiger charge is 2.38. The number of anilines is 1. The molecule has 2 heterocycles. The lowest BCUT2D eigenvalue weighted by Crippen LogP contribution is -2.55. The third-order valence-corrected chi connectivity index (χ3v) is 5.06. The molecule has 2 rings (SSSR count). The number of nitrogens with two attached hydrogens (primary N) is 1. The van der Waals surface area contributed by atoms with E-state index in [-0.39, 0.29) is 36.3 Å². The van der Waals surface area contributed by atoms with Crippen LogP contribution in [0.2, 0.25) is 0 Å². The van der Waals surface area contributed by atoms with Crippen LogP contribution in [0.1, 0.15) is 26.7 Å². The van der Waals surface area contributed by atoms with Gasteiger partial charge < -0.3 is 20.1 Å². The quantitative estimate of drug-likeness (QED) is 0.807. The zero-order valence-electron chi connectivity index (χ0n) is 15.1. The van der Waals surface area contributed by atoms with Crippen molar-refractivity contribution in [2.75, 3.05) is 37.6 Å². The molecule has 1 amide bonds. The van der Waals surface area contributed by atoms with Crippen molar-refractivity contribution < 1.29 is 4.79 Å². The van der Waals surface area contributed by atoms with E-state index in [0.29, 0.717) is 38.5 Å². The van der Waals surface area contributed by atoms with Gasteiger partial charge in [0.25, 0.3) is 5.56 Å². The topological polar surface area (TPSA) is 84.5 Å². The van der Waals surface area contributed by atoms with Gasteiger partial charge in [0, 0.05) is 52.2 Å². The number of piperazine rings is 1. The number of rotatable bonds is 5. The Balaban J connectivity index is 0.00000288. The van der Waals surface area contributed by atoms with Crippen LogP contribution in [0.25, 0.3) is 0 Å². The number of hydrogen-bond acceptors (Lipinski definition) is 5. The van der Waals surface area contributed by atoms with Gasteiger partial charge in [0.1, 0.15) is 0 Å². The molecule has 25 heavy (non-hydrogen) atoms. The molecule has 1 aromatic rings. The molecule has 0 aromatic carbocycles. The molecule has 1 fully saturated rings. The minimum Gasteiger partial charge on any atom is -0.348 e. The summed E-state index contributed by atoms with van der Waals surface area (Å²) in [7, 11) is 1.71. The standard InChI is InChI=1S/C16H27N5O2.2ClH/c1-4-16(5-2,12-17)15(23)21-10-8-20(9-11-21)13-14(22)19(3)7-6-18-13;;/h6-7H,4-5,8-12,17H2,1-3H3;2*1H. The normalized spacial score (nSPS) is 14.6. The van der Waals surface area contributed by atoms with Gasteiger partial charge in [-0.05, 0) is 12.8 Å². The molecule has 144 valence electrons. The lowest BCUT2D eigenvalue weighted by atomic mass is 9.81. The Morgan fingerprint density at radius 2 is 1.76 bits per heavy atom. The van der Waals surface area contributed by atoms with Crippen LogP contribution in [0.5, 0.6) is 0 Å². The summed E-state index contributed by atoms with van der Waals surface area (Å²) in [6.07, 6.45) is 4.77. The molecular formula is C16H29Cl2N5O2. The molecule has 0 aliphatic carbocycles. The van der Waals surface area contributed by atoms with Gasteiger partial charge in [-0.3, -0.25) is 9.59 Å². The van der Waals surface area contributed by atoms with E-state index in [0.717, 1.165) is 12.8 Å². The maximum Gasteiger partial charge on any atom is 0.293 e. The molecule has 0 unspecified atom stereocenters. The highest BCUT2D eigenvalue weighted by atomic mass is 35.5. The van der Waals surface area contributed by atoms with Gasteiger partial charge in [-0.1, -0.05) is 13.8 Å². The molecule has 0 bridgehead atoms. The van der Waals surface area contributed by atoms with Crippen LogP contribution < -0.4 is 16.2 Å². The van der Waals surface area contributed by atoms with E-state index in [9.17, 15) is 9.59 Å². The van der Waals surface area contributed by atoms with Crippen LogP contribution in [-0.4, -0.2) is 53.1 Å². The van der Waals surface area contributed by atoms with E-state index in [4.69, 9.17) is 5.73 Å². The van der Waals surface area contributed by atoms with Gasteiger partial charge in [0.2, 0.25) is 5.91 Å². The number of aryl methyl sites for hydroxylation is 1. The first-order chi connectivity index (χ1) is 11.0. The van der Waals surface area contributed by atoms with E-state index >= 15 is 0 Å². The average molecular weight is 394 g/mol. The number of nitrogens with zero attached hydrogens (tertiary/aromatic N) is 4. The molecule has 0 atom stereocenters. The minimum atomic E-state index is -0.455. The molecule has 9 heteroatoms. The van der Waals surface area contributed by atoms with Crippen LogP contribution in [0.4, 0.5) is 5.82 Å². The summed E-state index contributed by atoms with van der Waals surface area (Å²) in [5.74, 6) is 0.594. The molecule has 1 aliphatic rings. The van der Waals surface area contributed by atoms with Crippen LogP contribution in [0.3, 0.4) is 0 Å². The first-order valence-electron chi connectivity index (χ1n) is 8.25. The second-order valence-corrected chi connectivity index (χ2v) is 6.14. The second-order valence-electron chi connectivity index (χ2n) is 6.14. The molecule has 1 saturated heterocycles. The molecule has 0 saturated carbocycles. The number of carbonyl (C=O) groups excluding carboxylic acids is 1. The molecule has 1 aromatic heterocycles. The summed E-state index contributed by atoms with van der Waals surface area (Å²) in [6, 6.07) is 0. The molecule has 1 aliphatic heterocycles. The van der Waals surface area contributed by atoms with Crippen molar-refractivity contribution in [3.63, 3.8) is 0 Å². The third-order valence-electron chi connectivity index (χ3n) is 5.06. The zero-order chi connectivity index (χ0) is 17.0. The number of halogens is 2. The third kappa shape index (κ3) is 4.65. The minimum absolute atomic E-state index is 0. The fourth-order valence-corrected chi connectivity index (χ4v) is 3.09. The van der Waals surface area contributed by atoms with Crippen molar-refractivity contribution in [3.05, 3.63) is 22.7 Å². The van der Waals surface area contributed by atoms with Crippen LogP contribution in [0, 0.1) is 5.41 Å². The lowest BCUT2D eigenvalue weighted by molar-refractivity contribution is -0.142. The number of aromatic nitrogens is 2. The van der Waals surface area contributed by atoms with E-state index in [1.54, 1.807) is 19.4 Å². The van der Waals surface area contributed by atoms with Crippen molar-refractivity contribution in [3.8, 4) is 0 Å². The fraction of sp³-hybridized carbons (Fsp3) is 0.688. The van der Waals surface area contributed by atoms with Gasteiger partial charge in [-0.2, -0.15) is 0 Å². The highest BCUT2D eigenvalue weighted by Crippen LogP contribution is 2.28. The predicted molar refractivity (Wildman–Crippen MR) is 105 cm³/mol. The van der Waals surface area contributed by atoms with Crippen molar-refractivity contribution in [2.24, 2.45) is 18.2 Å². The predicted octanol–water partition coefficient (Wildman–Crippen LogP) is 1.04. The molecular weight excluding hydrogens is 365 g/mol. The summed E-state index contributed by atoms with van der Waals surface area (Å²) in [5, 5.41) is 0. The summed E-state index contributed by atoms with van der Waals surface area (Å²) < 4.78 is 1.52. The first kappa shape index (κ1) is 23.7. The fourth-order valence-electron chi connectivity index (χ4n) is 3.09. The van der Waals surface area contributed by atoms with E-state index in [2.05, 4.69) is 4.98 Å².